The molecule has 0 heterocycles. The molecule has 0 unspecified atom stereocenters. The second kappa shape index (κ2) is 6.32. The molecule has 0 bridgehead atoms. The lowest BCUT2D eigenvalue weighted by atomic mass is 10.1. The van der Waals surface area contributed by atoms with E-state index in [2.05, 4.69) is 21.2 Å². The van der Waals surface area contributed by atoms with E-state index in [-0.39, 0.29) is 16.5 Å². The second-order valence-corrected chi connectivity index (χ2v) is 5.72. The molecule has 0 atom stereocenters. The van der Waals surface area contributed by atoms with Gasteiger partial charge in [-0.3, -0.25) is 4.79 Å². The van der Waals surface area contributed by atoms with Crippen LogP contribution < -0.4 is 11.1 Å². The van der Waals surface area contributed by atoms with Crippen LogP contribution in [-0.2, 0) is 0 Å². The lowest BCUT2D eigenvalue weighted by molar-refractivity contribution is 0.102. The monoisotopic (exact) mass is 366 g/mol. The van der Waals surface area contributed by atoms with Crippen molar-refractivity contribution in [1.29, 1.82) is 0 Å². The van der Waals surface area contributed by atoms with Crippen LogP contribution in [0.25, 0.3) is 0 Å². The average molecular weight is 367 g/mol. The smallest absolute Gasteiger partial charge is 0.255 e. The number of nitrogens with two attached hydrogens (primary N) is 1. The minimum atomic E-state index is -0.515. The molecular formula is C15H12BrFN2OS. The Morgan fingerprint density at radius 3 is 2.67 bits per heavy atom. The van der Waals surface area contributed by atoms with E-state index >= 15 is 0 Å². The minimum Gasteiger partial charge on any atom is -0.389 e. The Labute approximate surface area is 135 Å². The summed E-state index contributed by atoms with van der Waals surface area (Å²) in [6, 6.07) is 9.45. The molecule has 2 aromatic rings. The van der Waals surface area contributed by atoms with Gasteiger partial charge in [0.05, 0.1) is 0 Å². The van der Waals surface area contributed by atoms with Gasteiger partial charge in [-0.1, -0.05) is 34.2 Å². The molecule has 3 N–H and O–H groups in total. The molecule has 0 saturated carbocycles. The number of hydrogen-bond acceptors (Lipinski definition) is 2. The molecule has 0 aliphatic rings. The Kier molecular flexibility index (Phi) is 4.69. The fraction of sp³-hybridized carbons (Fsp3) is 0.0667. The summed E-state index contributed by atoms with van der Waals surface area (Å²) in [5.41, 5.74) is 7.34. The Morgan fingerprint density at radius 1 is 1.29 bits per heavy atom. The van der Waals surface area contributed by atoms with E-state index in [1.54, 1.807) is 12.1 Å². The third-order valence-electron chi connectivity index (χ3n) is 3.00. The first kappa shape index (κ1) is 15.6. The summed E-state index contributed by atoms with van der Waals surface area (Å²) < 4.78 is 14.4. The van der Waals surface area contributed by atoms with Gasteiger partial charge in [0.25, 0.3) is 5.91 Å². The lowest BCUT2D eigenvalue weighted by Crippen LogP contribution is -2.16. The molecule has 0 radical (unpaired) electrons. The summed E-state index contributed by atoms with van der Waals surface area (Å²) in [6.07, 6.45) is 0. The van der Waals surface area contributed by atoms with Crippen LogP contribution >= 0.6 is 28.1 Å². The van der Waals surface area contributed by atoms with E-state index in [9.17, 15) is 9.18 Å². The highest BCUT2D eigenvalue weighted by molar-refractivity contribution is 9.10. The van der Waals surface area contributed by atoms with Gasteiger partial charge in [0.2, 0.25) is 0 Å². The van der Waals surface area contributed by atoms with Gasteiger partial charge >= 0.3 is 0 Å². The van der Waals surface area contributed by atoms with Crippen molar-refractivity contribution in [3.8, 4) is 0 Å². The topological polar surface area (TPSA) is 55.1 Å². The molecule has 0 spiro atoms. The number of thiocarbonyl (C=S) groups is 1. The van der Waals surface area contributed by atoms with E-state index in [1.165, 1.54) is 18.2 Å². The lowest BCUT2D eigenvalue weighted by Gasteiger charge is -2.10. The van der Waals surface area contributed by atoms with Crippen LogP contribution in [0.2, 0.25) is 0 Å². The summed E-state index contributed by atoms with van der Waals surface area (Å²) >= 11 is 8.15. The normalized spacial score (nSPS) is 10.2. The number of anilines is 1. The molecule has 1 amide bonds. The van der Waals surface area contributed by atoms with Crippen molar-refractivity contribution < 1.29 is 9.18 Å². The first-order chi connectivity index (χ1) is 9.90. The number of carbonyl (C=O) groups excluding carboxylic acids is 1. The maximum absolute atomic E-state index is 13.5. The van der Waals surface area contributed by atoms with E-state index < -0.39 is 5.82 Å². The van der Waals surface area contributed by atoms with Crippen LogP contribution in [0.1, 0.15) is 21.5 Å². The molecule has 108 valence electrons. The van der Waals surface area contributed by atoms with Gasteiger partial charge in [-0.2, -0.15) is 0 Å². The van der Waals surface area contributed by atoms with Crippen LogP contribution in [0.4, 0.5) is 10.1 Å². The van der Waals surface area contributed by atoms with Gasteiger partial charge < -0.3 is 11.1 Å². The summed E-state index contributed by atoms with van der Waals surface area (Å²) in [4.78, 5) is 12.2. The third kappa shape index (κ3) is 3.46. The summed E-state index contributed by atoms with van der Waals surface area (Å²) in [6.45, 7) is 1.84. The Hall–Kier alpha value is -1.79. The zero-order chi connectivity index (χ0) is 15.6. The molecule has 21 heavy (non-hydrogen) atoms. The molecule has 0 aromatic heterocycles. The number of carbonyl (C=O) groups is 1. The molecule has 2 aromatic carbocycles. The fourth-order valence-corrected chi connectivity index (χ4v) is 2.37. The van der Waals surface area contributed by atoms with Gasteiger partial charge in [-0.15, -0.1) is 0 Å². The Morgan fingerprint density at radius 2 is 2.00 bits per heavy atom. The molecule has 0 fully saturated rings. The highest BCUT2D eigenvalue weighted by Gasteiger charge is 2.12. The molecular weight excluding hydrogens is 355 g/mol. The highest BCUT2D eigenvalue weighted by atomic mass is 79.9. The van der Waals surface area contributed by atoms with Crippen molar-refractivity contribution >= 4 is 44.7 Å². The number of halogens is 2. The van der Waals surface area contributed by atoms with Crippen LogP contribution in [0, 0.1) is 12.7 Å². The van der Waals surface area contributed by atoms with E-state index in [4.69, 9.17) is 18.0 Å². The van der Waals surface area contributed by atoms with E-state index in [0.717, 1.165) is 10.0 Å². The first-order valence-electron chi connectivity index (χ1n) is 6.06. The van der Waals surface area contributed by atoms with Crippen molar-refractivity contribution in [2.24, 2.45) is 5.73 Å². The van der Waals surface area contributed by atoms with Crippen molar-refractivity contribution in [2.75, 3.05) is 5.32 Å². The SMILES string of the molecule is Cc1c(Br)cccc1C(=O)Nc1ccc(F)c(C(N)=S)c1. The highest BCUT2D eigenvalue weighted by Crippen LogP contribution is 2.21. The first-order valence-corrected chi connectivity index (χ1v) is 7.26. The zero-order valence-corrected chi connectivity index (χ0v) is 13.5. The zero-order valence-electron chi connectivity index (χ0n) is 11.1. The summed E-state index contributed by atoms with van der Waals surface area (Å²) in [5.74, 6) is -0.798. The van der Waals surface area contributed by atoms with Gasteiger partial charge in [0.1, 0.15) is 10.8 Å². The number of amides is 1. The van der Waals surface area contributed by atoms with E-state index in [0.29, 0.717) is 11.3 Å². The predicted molar refractivity (Wildman–Crippen MR) is 89.1 cm³/mol. The molecule has 0 aliphatic carbocycles. The molecule has 0 aliphatic heterocycles. The second-order valence-electron chi connectivity index (χ2n) is 4.43. The third-order valence-corrected chi connectivity index (χ3v) is 4.08. The van der Waals surface area contributed by atoms with Crippen LogP contribution in [-0.4, -0.2) is 10.9 Å². The van der Waals surface area contributed by atoms with Crippen LogP contribution in [0.15, 0.2) is 40.9 Å². The Bertz CT molecular complexity index is 734. The fourth-order valence-electron chi connectivity index (χ4n) is 1.84. The van der Waals surface area contributed by atoms with Gasteiger partial charge in [-0.25, -0.2) is 4.39 Å². The number of rotatable bonds is 3. The number of benzene rings is 2. The summed E-state index contributed by atoms with van der Waals surface area (Å²) in [5, 5.41) is 2.71. The van der Waals surface area contributed by atoms with Crippen molar-refractivity contribution in [1.82, 2.24) is 0 Å². The molecule has 3 nitrogen and oxygen atoms in total. The van der Waals surface area contributed by atoms with E-state index in [1.807, 2.05) is 13.0 Å². The van der Waals surface area contributed by atoms with Crippen LogP contribution in [0.3, 0.4) is 0 Å². The minimum absolute atomic E-state index is 0.0535. The Balaban J connectivity index is 2.30. The average Bonchev–Trinajstić information content (AvgIpc) is 2.43. The van der Waals surface area contributed by atoms with Crippen molar-refractivity contribution in [3.05, 3.63) is 63.4 Å². The molecule has 6 heteroatoms. The van der Waals surface area contributed by atoms with Gasteiger partial charge in [0.15, 0.2) is 0 Å². The summed E-state index contributed by atoms with van der Waals surface area (Å²) in [7, 11) is 0. The number of hydrogen-bond donors (Lipinski definition) is 2. The maximum Gasteiger partial charge on any atom is 0.255 e. The predicted octanol–water partition coefficient (Wildman–Crippen LogP) is 3.78. The van der Waals surface area contributed by atoms with Gasteiger partial charge in [0, 0.05) is 21.3 Å². The quantitative estimate of drug-likeness (QED) is 0.812. The molecule has 0 saturated heterocycles. The van der Waals surface area contributed by atoms with Gasteiger partial charge in [-0.05, 0) is 42.8 Å². The van der Waals surface area contributed by atoms with Crippen molar-refractivity contribution in [2.45, 2.75) is 6.92 Å². The molecule has 2 rings (SSSR count). The number of nitrogens with one attached hydrogen (secondary N) is 1. The maximum atomic E-state index is 13.5. The van der Waals surface area contributed by atoms with Crippen molar-refractivity contribution in [3.63, 3.8) is 0 Å². The largest absolute Gasteiger partial charge is 0.389 e. The standard InChI is InChI=1S/C15H12BrFN2OS/c1-8-10(3-2-4-12(8)16)15(20)19-9-5-6-13(17)11(7-9)14(18)21/h2-7H,1H3,(H2,18,21)(H,19,20). The van der Waals surface area contributed by atoms with Crippen LogP contribution in [0.5, 0.6) is 0 Å².